The molecule has 100 valence electrons. The molecule has 1 nitrogen and oxygen atoms in total. The molecule has 17 heavy (non-hydrogen) atoms. The first-order valence-electron chi connectivity index (χ1n) is 7.60. The number of rotatable bonds is 3. The minimum absolute atomic E-state index is 0.472. The van der Waals surface area contributed by atoms with Crippen molar-refractivity contribution in [1.82, 2.24) is 0 Å². The third kappa shape index (κ3) is 3.89. The molecule has 5 unspecified atom stereocenters. The highest BCUT2D eigenvalue weighted by Gasteiger charge is 2.31. The van der Waals surface area contributed by atoms with Crippen molar-refractivity contribution >= 4 is 11.8 Å². The molecule has 2 fully saturated rings. The fourth-order valence-corrected chi connectivity index (χ4v) is 5.47. The summed E-state index contributed by atoms with van der Waals surface area (Å²) in [5.41, 5.74) is 6.33. The molecule has 2 aliphatic rings. The van der Waals surface area contributed by atoms with E-state index in [0.717, 1.165) is 22.3 Å². The lowest BCUT2D eigenvalue weighted by Crippen LogP contribution is -2.39. The van der Waals surface area contributed by atoms with Gasteiger partial charge in [-0.05, 0) is 43.9 Å². The number of hydrogen-bond acceptors (Lipinski definition) is 2. The molecule has 0 bridgehead atoms. The Labute approximate surface area is 111 Å². The molecule has 2 N–H and O–H groups in total. The van der Waals surface area contributed by atoms with Gasteiger partial charge in [0.1, 0.15) is 0 Å². The summed E-state index contributed by atoms with van der Waals surface area (Å²) in [4.78, 5) is 0. The van der Waals surface area contributed by atoms with Crippen LogP contribution in [0.4, 0.5) is 0 Å². The van der Waals surface area contributed by atoms with Crippen LogP contribution in [0.5, 0.6) is 0 Å². The van der Waals surface area contributed by atoms with Crippen LogP contribution in [-0.2, 0) is 0 Å². The highest BCUT2D eigenvalue weighted by Crippen LogP contribution is 2.40. The molecule has 0 radical (unpaired) electrons. The largest absolute Gasteiger partial charge is 0.327 e. The molecule has 0 spiro atoms. The Balaban J connectivity index is 1.83. The topological polar surface area (TPSA) is 26.0 Å². The second-order valence-corrected chi connectivity index (χ2v) is 7.86. The van der Waals surface area contributed by atoms with E-state index in [1.165, 1.54) is 51.4 Å². The normalized spacial score (nSPS) is 43.6. The molecule has 5 atom stereocenters. The Morgan fingerprint density at radius 1 is 1.12 bits per heavy atom. The van der Waals surface area contributed by atoms with Crippen LogP contribution in [0, 0.1) is 11.8 Å². The molecule has 0 aromatic rings. The van der Waals surface area contributed by atoms with Crippen LogP contribution in [0.1, 0.15) is 65.2 Å². The average Bonchev–Trinajstić information content (AvgIpc) is 2.32. The molecule has 0 aliphatic heterocycles. The van der Waals surface area contributed by atoms with Crippen molar-refractivity contribution in [3.63, 3.8) is 0 Å². The molecule has 0 aromatic heterocycles. The van der Waals surface area contributed by atoms with Crippen LogP contribution >= 0.6 is 11.8 Å². The van der Waals surface area contributed by atoms with Crippen molar-refractivity contribution in [1.29, 1.82) is 0 Å². The van der Waals surface area contributed by atoms with Crippen molar-refractivity contribution < 1.29 is 0 Å². The van der Waals surface area contributed by atoms with E-state index in [1.54, 1.807) is 0 Å². The molecular formula is C15H29NS. The number of nitrogens with two attached hydrogens (primary N) is 1. The zero-order valence-corrected chi connectivity index (χ0v) is 12.3. The highest BCUT2D eigenvalue weighted by atomic mass is 32.2. The summed E-state index contributed by atoms with van der Waals surface area (Å²) in [7, 11) is 0. The first-order valence-corrected chi connectivity index (χ1v) is 8.54. The third-order valence-electron chi connectivity index (χ3n) is 4.78. The minimum Gasteiger partial charge on any atom is -0.327 e. The summed E-state index contributed by atoms with van der Waals surface area (Å²) in [5.74, 6) is 1.90. The lowest BCUT2D eigenvalue weighted by atomic mass is 9.84. The van der Waals surface area contributed by atoms with Gasteiger partial charge >= 0.3 is 0 Å². The predicted molar refractivity (Wildman–Crippen MR) is 78.4 cm³/mol. The van der Waals surface area contributed by atoms with Crippen LogP contribution in [0.2, 0.25) is 0 Å². The first kappa shape index (κ1) is 13.7. The van der Waals surface area contributed by atoms with Gasteiger partial charge in [-0.15, -0.1) is 0 Å². The van der Waals surface area contributed by atoms with Gasteiger partial charge < -0.3 is 5.73 Å². The van der Waals surface area contributed by atoms with Crippen LogP contribution in [0.15, 0.2) is 0 Å². The Kier molecular flexibility index (Phi) is 5.23. The van der Waals surface area contributed by atoms with E-state index in [4.69, 9.17) is 5.73 Å². The summed E-state index contributed by atoms with van der Waals surface area (Å²) in [5, 5.41) is 1.66. The summed E-state index contributed by atoms with van der Waals surface area (Å²) >= 11 is 2.25. The third-order valence-corrected chi connectivity index (χ3v) is 6.49. The molecule has 0 aromatic carbocycles. The second kappa shape index (κ2) is 6.47. The maximum absolute atomic E-state index is 6.33. The lowest BCUT2D eigenvalue weighted by molar-refractivity contribution is 0.325. The van der Waals surface area contributed by atoms with E-state index >= 15 is 0 Å². The molecule has 2 rings (SSSR count). The summed E-state index contributed by atoms with van der Waals surface area (Å²) in [6.45, 7) is 4.76. The van der Waals surface area contributed by atoms with Crippen LogP contribution in [-0.4, -0.2) is 16.5 Å². The zero-order chi connectivity index (χ0) is 12.3. The van der Waals surface area contributed by atoms with Crippen molar-refractivity contribution in [3.05, 3.63) is 0 Å². The average molecular weight is 255 g/mol. The minimum atomic E-state index is 0.472. The monoisotopic (exact) mass is 255 g/mol. The van der Waals surface area contributed by atoms with Gasteiger partial charge in [-0.25, -0.2) is 0 Å². The smallest absolute Gasteiger partial charge is 0.0204 e. The Bertz CT molecular complexity index is 231. The van der Waals surface area contributed by atoms with Crippen molar-refractivity contribution in [2.45, 2.75) is 81.8 Å². The van der Waals surface area contributed by atoms with E-state index in [2.05, 4.69) is 25.6 Å². The molecule has 0 heterocycles. The molecular weight excluding hydrogens is 226 g/mol. The van der Waals surface area contributed by atoms with E-state index in [-0.39, 0.29) is 0 Å². The molecule has 0 amide bonds. The van der Waals surface area contributed by atoms with E-state index in [1.807, 2.05) is 0 Å². The van der Waals surface area contributed by atoms with Crippen molar-refractivity contribution in [2.75, 3.05) is 0 Å². The van der Waals surface area contributed by atoms with E-state index in [9.17, 15) is 0 Å². The zero-order valence-electron chi connectivity index (χ0n) is 11.5. The Morgan fingerprint density at radius 2 is 1.94 bits per heavy atom. The van der Waals surface area contributed by atoms with Gasteiger partial charge in [-0.1, -0.05) is 33.1 Å². The van der Waals surface area contributed by atoms with Gasteiger partial charge in [-0.3, -0.25) is 0 Å². The number of thioether (sulfide) groups is 1. The van der Waals surface area contributed by atoms with Gasteiger partial charge in [0.25, 0.3) is 0 Å². The van der Waals surface area contributed by atoms with Crippen LogP contribution in [0.3, 0.4) is 0 Å². The quantitative estimate of drug-likeness (QED) is 0.818. The Morgan fingerprint density at radius 3 is 2.65 bits per heavy atom. The second-order valence-electron chi connectivity index (χ2n) is 6.32. The summed E-state index contributed by atoms with van der Waals surface area (Å²) in [6, 6.07) is 0.472. The fraction of sp³-hybridized carbons (Fsp3) is 1.00. The maximum Gasteiger partial charge on any atom is 0.0204 e. The van der Waals surface area contributed by atoms with E-state index in [0.29, 0.717) is 6.04 Å². The lowest BCUT2D eigenvalue weighted by Gasteiger charge is -2.37. The van der Waals surface area contributed by atoms with Gasteiger partial charge in [-0.2, -0.15) is 11.8 Å². The molecule has 0 saturated heterocycles. The SMILES string of the molecule is CCC1CCC(N)C(SC2CCCC(C)C2)C1. The molecule has 2 aliphatic carbocycles. The van der Waals surface area contributed by atoms with Gasteiger partial charge in [0.2, 0.25) is 0 Å². The molecule has 2 saturated carbocycles. The maximum atomic E-state index is 6.33. The Hall–Kier alpha value is 0.310. The van der Waals surface area contributed by atoms with Crippen LogP contribution < -0.4 is 5.73 Å². The van der Waals surface area contributed by atoms with Gasteiger partial charge in [0.05, 0.1) is 0 Å². The standard InChI is InChI=1S/C15H29NS/c1-3-12-7-8-14(16)15(10-12)17-13-6-4-5-11(2)9-13/h11-15H,3-10,16H2,1-2H3. The predicted octanol–water partition coefficient (Wildman–Crippen LogP) is 4.20. The fourth-order valence-electron chi connectivity index (χ4n) is 3.51. The molecule has 2 heteroatoms. The number of hydrogen-bond donors (Lipinski definition) is 1. The van der Waals surface area contributed by atoms with Gasteiger partial charge in [0, 0.05) is 16.5 Å². The first-order chi connectivity index (χ1) is 8.19. The van der Waals surface area contributed by atoms with Crippen molar-refractivity contribution in [2.24, 2.45) is 17.6 Å². The van der Waals surface area contributed by atoms with Crippen molar-refractivity contribution in [3.8, 4) is 0 Å². The van der Waals surface area contributed by atoms with Crippen LogP contribution in [0.25, 0.3) is 0 Å². The van der Waals surface area contributed by atoms with Gasteiger partial charge in [0.15, 0.2) is 0 Å². The highest BCUT2D eigenvalue weighted by molar-refractivity contribution is 8.00. The summed E-state index contributed by atoms with van der Waals surface area (Å²) < 4.78 is 0. The summed E-state index contributed by atoms with van der Waals surface area (Å²) in [6.07, 6.45) is 11.1. The van der Waals surface area contributed by atoms with E-state index < -0.39 is 0 Å².